The Morgan fingerprint density at radius 3 is 1.63 bits per heavy atom. The monoisotopic (exact) mass is 764 g/mol. The smallest absolute Gasteiger partial charge is 0.238 e. The van der Waals surface area contributed by atoms with E-state index in [1.54, 1.807) is 0 Å². The van der Waals surface area contributed by atoms with Crippen molar-refractivity contribution in [2.24, 2.45) is 0 Å². The first-order valence-corrected chi connectivity index (χ1v) is 20.3. The normalized spacial score (nSPS) is 12.0. The van der Waals surface area contributed by atoms with Gasteiger partial charge >= 0.3 is 0 Å². The van der Waals surface area contributed by atoms with Gasteiger partial charge in [0.25, 0.3) is 0 Å². The molecular weight excluding hydrogens is 733 g/mol. The SMILES string of the molecule is c1cc(-c2ccc3ccccc3c2)cc(-c2nc(-c3cccc4oc5c6ccccc6ccc5c34)nc(-n3c4c5ccccc5ccc4c4ccc5ccccc5c43)n2)c1. The van der Waals surface area contributed by atoms with E-state index in [-0.39, 0.29) is 0 Å². The summed E-state index contributed by atoms with van der Waals surface area (Å²) in [5, 5.41) is 13.5. The van der Waals surface area contributed by atoms with E-state index >= 15 is 0 Å². The second-order valence-electron chi connectivity index (χ2n) is 15.6. The molecule has 0 saturated heterocycles. The van der Waals surface area contributed by atoms with Gasteiger partial charge in [-0.1, -0.05) is 170 Å². The van der Waals surface area contributed by atoms with Crippen LogP contribution in [-0.2, 0) is 0 Å². The van der Waals surface area contributed by atoms with Gasteiger partial charge in [0.05, 0.1) is 11.0 Å². The van der Waals surface area contributed by atoms with Gasteiger partial charge in [-0.25, -0.2) is 4.98 Å². The van der Waals surface area contributed by atoms with Gasteiger partial charge in [-0.15, -0.1) is 0 Å². The number of aromatic nitrogens is 4. The molecule has 0 amide bonds. The van der Waals surface area contributed by atoms with Crippen molar-refractivity contribution in [3.63, 3.8) is 0 Å². The zero-order valence-corrected chi connectivity index (χ0v) is 32.2. The third kappa shape index (κ3) is 4.90. The van der Waals surface area contributed by atoms with Crippen LogP contribution in [0.2, 0.25) is 0 Å². The molecule has 0 bridgehead atoms. The van der Waals surface area contributed by atoms with Crippen molar-refractivity contribution < 1.29 is 4.42 Å². The lowest BCUT2D eigenvalue weighted by Gasteiger charge is -2.13. The minimum Gasteiger partial charge on any atom is -0.455 e. The molecule has 0 radical (unpaired) electrons. The Morgan fingerprint density at radius 1 is 0.350 bits per heavy atom. The summed E-state index contributed by atoms with van der Waals surface area (Å²) in [6.45, 7) is 0. The zero-order valence-electron chi connectivity index (χ0n) is 32.2. The van der Waals surface area contributed by atoms with E-state index < -0.39 is 0 Å². The topological polar surface area (TPSA) is 56.7 Å². The molecule has 0 saturated carbocycles. The minimum absolute atomic E-state index is 0.550. The molecule has 0 N–H and O–H groups in total. The van der Waals surface area contributed by atoms with Gasteiger partial charge in [0.1, 0.15) is 11.2 Å². The van der Waals surface area contributed by atoms with Crippen LogP contribution in [0.3, 0.4) is 0 Å². The Balaban J connectivity index is 1.14. The highest BCUT2D eigenvalue weighted by atomic mass is 16.3. The molecular formula is C55H32N4O. The number of hydrogen-bond donors (Lipinski definition) is 0. The van der Waals surface area contributed by atoms with Crippen LogP contribution in [0.25, 0.3) is 127 Å². The summed E-state index contributed by atoms with van der Waals surface area (Å²) in [6, 6.07) is 68.6. The Labute approximate surface area is 343 Å². The van der Waals surface area contributed by atoms with Crippen molar-refractivity contribution >= 4 is 86.8 Å². The van der Waals surface area contributed by atoms with Gasteiger partial charge in [-0.3, -0.25) is 4.57 Å². The molecule has 5 heteroatoms. The van der Waals surface area contributed by atoms with Crippen LogP contribution in [0.4, 0.5) is 0 Å². The van der Waals surface area contributed by atoms with E-state index in [4.69, 9.17) is 19.4 Å². The van der Waals surface area contributed by atoms with Crippen molar-refractivity contribution in [3.05, 3.63) is 194 Å². The maximum absolute atomic E-state index is 6.68. The Bertz CT molecular complexity index is 3820. The lowest BCUT2D eigenvalue weighted by Crippen LogP contribution is -2.07. The summed E-state index contributed by atoms with van der Waals surface area (Å²) in [4.78, 5) is 16.3. The first-order chi connectivity index (χ1) is 29.7. The number of rotatable bonds is 4. The van der Waals surface area contributed by atoms with E-state index in [0.29, 0.717) is 17.6 Å². The summed E-state index contributed by atoms with van der Waals surface area (Å²) >= 11 is 0. The number of hydrogen-bond acceptors (Lipinski definition) is 4. The molecule has 0 atom stereocenters. The molecule has 13 aromatic rings. The number of fused-ring (bicyclic) bond motifs is 13. The van der Waals surface area contributed by atoms with Gasteiger partial charge in [-0.2, -0.15) is 9.97 Å². The molecule has 0 spiro atoms. The Morgan fingerprint density at radius 2 is 0.900 bits per heavy atom. The molecule has 13 rings (SSSR count). The summed E-state index contributed by atoms with van der Waals surface area (Å²) in [5.74, 6) is 1.71. The quantitative estimate of drug-likeness (QED) is 0.179. The molecule has 0 aliphatic carbocycles. The highest BCUT2D eigenvalue weighted by Gasteiger charge is 2.23. The van der Waals surface area contributed by atoms with Crippen molar-refractivity contribution in [2.75, 3.05) is 0 Å². The predicted octanol–water partition coefficient (Wildman–Crippen LogP) is 14.5. The largest absolute Gasteiger partial charge is 0.455 e. The van der Waals surface area contributed by atoms with Crippen LogP contribution in [0.1, 0.15) is 0 Å². The van der Waals surface area contributed by atoms with Crippen LogP contribution < -0.4 is 0 Å². The number of nitrogens with zero attached hydrogens (tertiary/aromatic N) is 4. The number of benzene rings is 10. The fraction of sp³-hybridized carbons (Fsp3) is 0. The maximum Gasteiger partial charge on any atom is 0.238 e. The molecule has 10 aromatic carbocycles. The lowest BCUT2D eigenvalue weighted by molar-refractivity contribution is 0.672. The van der Waals surface area contributed by atoms with Crippen LogP contribution in [0, 0.1) is 0 Å². The molecule has 0 unspecified atom stereocenters. The molecule has 0 aliphatic heterocycles. The van der Waals surface area contributed by atoms with Gasteiger partial charge in [0.2, 0.25) is 5.95 Å². The molecule has 3 heterocycles. The molecule has 0 fully saturated rings. The van der Waals surface area contributed by atoms with Gasteiger partial charge in [0.15, 0.2) is 11.6 Å². The summed E-state index contributed by atoms with van der Waals surface area (Å²) < 4.78 is 8.95. The van der Waals surface area contributed by atoms with E-state index in [0.717, 1.165) is 98.3 Å². The van der Waals surface area contributed by atoms with Gasteiger partial charge in [-0.05, 0) is 62.3 Å². The predicted molar refractivity (Wildman–Crippen MR) is 248 cm³/mol. The van der Waals surface area contributed by atoms with E-state index in [9.17, 15) is 0 Å². The Hall–Kier alpha value is -8.15. The number of furan rings is 1. The lowest BCUT2D eigenvalue weighted by atomic mass is 9.99. The minimum atomic E-state index is 0.550. The fourth-order valence-corrected chi connectivity index (χ4v) is 9.40. The summed E-state index contributed by atoms with van der Waals surface area (Å²) in [7, 11) is 0. The van der Waals surface area contributed by atoms with Crippen molar-refractivity contribution in [1.82, 2.24) is 19.5 Å². The van der Waals surface area contributed by atoms with E-state index in [2.05, 4.69) is 187 Å². The second kappa shape index (κ2) is 12.7. The van der Waals surface area contributed by atoms with Crippen molar-refractivity contribution in [2.45, 2.75) is 0 Å². The van der Waals surface area contributed by atoms with E-state index in [1.807, 2.05) is 12.1 Å². The van der Waals surface area contributed by atoms with Crippen molar-refractivity contribution in [3.8, 4) is 39.9 Å². The molecule has 278 valence electrons. The van der Waals surface area contributed by atoms with Crippen LogP contribution in [-0.4, -0.2) is 19.5 Å². The van der Waals surface area contributed by atoms with E-state index in [1.165, 1.54) is 10.8 Å². The molecule has 60 heavy (non-hydrogen) atoms. The third-order valence-corrected chi connectivity index (χ3v) is 12.2. The molecule has 0 aliphatic rings. The standard InChI is InChI=1S/C55H32N4O/c1-2-15-37-31-39(24-23-33(37)11-1)38-16-9-17-40(32-38)53-56-54(47-21-10-22-48-49(47)46-30-27-36-14-5-8-20-43(36)52(46)60-48)58-55(57-53)59-50-41-18-6-3-12-34(41)25-28-44(50)45-29-26-35-13-4-7-19-42(35)51(45)59/h1-32H. The van der Waals surface area contributed by atoms with Crippen molar-refractivity contribution in [1.29, 1.82) is 0 Å². The summed E-state index contributed by atoms with van der Waals surface area (Å²) in [5.41, 5.74) is 7.77. The first kappa shape index (κ1) is 32.9. The molecule has 5 nitrogen and oxygen atoms in total. The first-order valence-electron chi connectivity index (χ1n) is 20.3. The third-order valence-electron chi connectivity index (χ3n) is 12.2. The maximum atomic E-state index is 6.68. The van der Waals surface area contributed by atoms with Crippen LogP contribution in [0.5, 0.6) is 0 Å². The van der Waals surface area contributed by atoms with Crippen LogP contribution in [0.15, 0.2) is 199 Å². The zero-order chi connectivity index (χ0) is 39.3. The average molecular weight is 765 g/mol. The second-order valence-corrected chi connectivity index (χ2v) is 15.6. The highest BCUT2D eigenvalue weighted by Crippen LogP contribution is 2.42. The highest BCUT2D eigenvalue weighted by molar-refractivity contribution is 6.24. The summed E-state index contributed by atoms with van der Waals surface area (Å²) in [6.07, 6.45) is 0. The van der Waals surface area contributed by atoms with Gasteiger partial charge in [0, 0.05) is 48.8 Å². The average Bonchev–Trinajstić information content (AvgIpc) is 3.88. The van der Waals surface area contributed by atoms with Gasteiger partial charge < -0.3 is 4.42 Å². The molecule has 3 aromatic heterocycles. The Kier molecular flexibility index (Phi) is 6.95. The van der Waals surface area contributed by atoms with Crippen LogP contribution >= 0.6 is 0 Å². The fourth-order valence-electron chi connectivity index (χ4n) is 9.40.